The molecule has 2 aromatic rings. The van der Waals surface area contributed by atoms with Crippen molar-refractivity contribution in [2.45, 2.75) is 20.3 Å². The van der Waals surface area contributed by atoms with E-state index >= 15 is 0 Å². The molecule has 0 aliphatic rings. The molecule has 18 heavy (non-hydrogen) atoms. The van der Waals surface area contributed by atoms with E-state index in [-0.39, 0.29) is 0 Å². The van der Waals surface area contributed by atoms with Crippen molar-refractivity contribution in [1.82, 2.24) is 15.5 Å². The first kappa shape index (κ1) is 14.1. The second kappa shape index (κ2) is 6.75. The second-order valence-electron chi connectivity index (χ2n) is 4.45. The van der Waals surface area contributed by atoms with Gasteiger partial charge in [-0.25, -0.2) is 0 Å². The minimum Gasteiger partial charge on any atom is -0.316 e. The van der Waals surface area contributed by atoms with E-state index in [9.17, 15) is 0 Å². The third-order valence-corrected chi connectivity index (χ3v) is 5.32. The molecule has 0 saturated heterocycles. The lowest BCUT2D eigenvalue weighted by Crippen LogP contribution is -2.22. The van der Waals surface area contributed by atoms with Gasteiger partial charge in [-0.2, -0.15) is 0 Å². The number of nitrogens with one attached hydrogen (secondary N) is 1. The van der Waals surface area contributed by atoms with Crippen LogP contribution in [0.5, 0.6) is 0 Å². The maximum atomic E-state index is 4.25. The van der Waals surface area contributed by atoms with Crippen LogP contribution in [0.4, 0.5) is 0 Å². The van der Waals surface area contributed by atoms with Crippen LogP contribution in [0.3, 0.4) is 0 Å². The predicted octanol–water partition coefficient (Wildman–Crippen LogP) is 3.82. The van der Waals surface area contributed by atoms with Crippen LogP contribution in [0.1, 0.15) is 18.9 Å². The van der Waals surface area contributed by atoms with Gasteiger partial charge in [0.05, 0.1) is 4.88 Å². The Labute approximate surface area is 124 Å². The number of nitrogens with zero attached hydrogens (tertiary/aromatic N) is 2. The standard InChI is InChI=1S/C12H16BrN3S2/c1-8(2)7-14-5-3-10-15-16-12(18-10)11-9(13)4-6-17-11/h4,6,8,14H,3,5,7H2,1-2H3. The molecule has 2 rings (SSSR count). The first-order valence-electron chi connectivity index (χ1n) is 5.93. The van der Waals surface area contributed by atoms with Crippen molar-refractivity contribution in [2.75, 3.05) is 13.1 Å². The SMILES string of the molecule is CC(C)CNCCc1nnc(-c2sccc2Br)s1. The lowest BCUT2D eigenvalue weighted by atomic mass is 10.2. The Morgan fingerprint density at radius 2 is 2.22 bits per heavy atom. The van der Waals surface area contributed by atoms with Crippen LogP contribution in [-0.4, -0.2) is 23.3 Å². The molecule has 6 heteroatoms. The average molecular weight is 346 g/mol. The van der Waals surface area contributed by atoms with Gasteiger partial charge in [0.25, 0.3) is 0 Å². The van der Waals surface area contributed by atoms with Crippen LogP contribution >= 0.6 is 38.6 Å². The summed E-state index contributed by atoms with van der Waals surface area (Å²) in [7, 11) is 0. The summed E-state index contributed by atoms with van der Waals surface area (Å²) < 4.78 is 1.10. The van der Waals surface area contributed by atoms with E-state index in [0.29, 0.717) is 5.92 Å². The van der Waals surface area contributed by atoms with E-state index in [4.69, 9.17) is 0 Å². The Kier molecular flexibility index (Phi) is 5.29. The summed E-state index contributed by atoms with van der Waals surface area (Å²) in [6.07, 6.45) is 0.952. The molecular formula is C12H16BrN3S2. The zero-order chi connectivity index (χ0) is 13.0. The molecule has 1 N–H and O–H groups in total. The molecule has 2 heterocycles. The topological polar surface area (TPSA) is 37.8 Å². The van der Waals surface area contributed by atoms with Gasteiger partial charge in [0.2, 0.25) is 0 Å². The van der Waals surface area contributed by atoms with Crippen molar-refractivity contribution in [3.63, 3.8) is 0 Å². The zero-order valence-corrected chi connectivity index (χ0v) is 13.7. The number of aromatic nitrogens is 2. The highest BCUT2D eigenvalue weighted by Crippen LogP contribution is 2.35. The Balaban J connectivity index is 1.89. The van der Waals surface area contributed by atoms with Gasteiger partial charge in [0.1, 0.15) is 5.01 Å². The molecule has 0 atom stereocenters. The van der Waals surface area contributed by atoms with Crippen LogP contribution in [0.25, 0.3) is 9.88 Å². The predicted molar refractivity (Wildman–Crippen MR) is 82.3 cm³/mol. The van der Waals surface area contributed by atoms with E-state index in [1.165, 1.54) is 4.88 Å². The second-order valence-corrected chi connectivity index (χ2v) is 7.28. The van der Waals surface area contributed by atoms with Crippen LogP contribution < -0.4 is 5.32 Å². The Hall–Kier alpha value is -0.300. The Morgan fingerprint density at radius 3 is 2.89 bits per heavy atom. The van der Waals surface area contributed by atoms with Gasteiger partial charge in [-0.05, 0) is 39.8 Å². The maximum Gasteiger partial charge on any atom is 0.158 e. The fraction of sp³-hybridized carbons (Fsp3) is 0.500. The first-order valence-corrected chi connectivity index (χ1v) is 8.42. The quantitative estimate of drug-likeness (QED) is 0.808. The van der Waals surface area contributed by atoms with Gasteiger partial charge in [0, 0.05) is 17.4 Å². The van der Waals surface area contributed by atoms with Crippen molar-refractivity contribution in [1.29, 1.82) is 0 Å². The summed E-state index contributed by atoms with van der Waals surface area (Å²) in [5.74, 6) is 0.692. The molecule has 2 aromatic heterocycles. The van der Waals surface area contributed by atoms with Gasteiger partial charge in [0.15, 0.2) is 5.01 Å². The van der Waals surface area contributed by atoms with Crippen molar-refractivity contribution in [3.05, 3.63) is 20.9 Å². The van der Waals surface area contributed by atoms with Crippen molar-refractivity contribution < 1.29 is 0 Å². The molecule has 0 saturated carbocycles. The third kappa shape index (κ3) is 3.85. The van der Waals surface area contributed by atoms with Crippen molar-refractivity contribution >= 4 is 38.6 Å². The van der Waals surface area contributed by atoms with Crippen molar-refractivity contribution in [2.24, 2.45) is 5.92 Å². The molecule has 0 spiro atoms. The monoisotopic (exact) mass is 345 g/mol. The molecular weight excluding hydrogens is 330 g/mol. The highest BCUT2D eigenvalue weighted by Gasteiger charge is 2.10. The van der Waals surface area contributed by atoms with Gasteiger partial charge >= 0.3 is 0 Å². The summed E-state index contributed by atoms with van der Waals surface area (Å²) in [6, 6.07) is 2.05. The molecule has 0 radical (unpaired) electrons. The summed E-state index contributed by atoms with van der Waals surface area (Å²) in [5, 5.41) is 16.1. The molecule has 0 aliphatic heterocycles. The minimum atomic E-state index is 0.692. The van der Waals surface area contributed by atoms with E-state index in [2.05, 4.69) is 50.7 Å². The highest BCUT2D eigenvalue weighted by atomic mass is 79.9. The summed E-state index contributed by atoms with van der Waals surface area (Å²) in [6.45, 7) is 6.45. The highest BCUT2D eigenvalue weighted by molar-refractivity contribution is 9.10. The summed E-state index contributed by atoms with van der Waals surface area (Å²) in [5.41, 5.74) is 0. The maximum absolute atomic E-state index is 4.25. The Bertz CT molecular complexity index is 493. The van der Waals surface area contributed by atoms with Crippen LogP contribution in [-0.2, 0) is 6.42 Å². The van der Waals surface area contributed by atoms with Crippen LogP contribution in [0.15, 0.2) is 15.9 Å². The fourth-order valence-corrected chi connectivity index (χ4v) is 4.11. The molecule has 98 valence electrons. The van der Waals surface area contributed by atoms with Crippen molar-refractivity contribution in [3.8, 4) is 9.88 Å². The van der Waals surface area contributed by atoms with E-state index < -0.39 is 0 Å². The minimum absolute atomic E-state index is 0.692. The lowest BCUT2D eigenvalue weighted by molar-refractivity contribution is 0.553. The molecule has 0 unspecified atom stereocenters. The van der Waals surface area contributed by atoms with Crippen LogP contribution in [0.2, 0.25) is 0 Å². The number of hydrogen-bond acceptors (Lipinski definition) is 5. The smallest absolute Gasteiger partial charge is 0.158 e. The normalized spacial score (nSPS) is 11.3. The molecule has 0 aliphatic carbocycles. The van der Waals surface area contributed by atoms with Gasteiger partial charge in [-0.1, -0.05) is 25.2 Å². The summed E-state index contributed by atoms with van der Waals surface area (Å²) >= 11 is 6.90. The molecule has 0 fully saturated rings. The van der Waals surface area contributed by atoms with Gasteiger partial charge < -0.3 is 5.32 Å². The Morgan fingerprint density at radius 1 is 1.39 bits per heavy atom. The molecule has 0 bridgehead atoms. The average Bonchev–Trinajstić information content (AvgIpc) is 2.92. The molecule has 3 nitrogen and oxygen atoms in total. The van der Waals surface area contributed by atoms with Crippen LogP contribution in [0, 0.1) is 5.92 Å². The first-order chi connectivity index (χ1) is 8.66. The lowest BCUT2D eigenvalue weighted by Gasteiger charge is -2.05. The van der Waals surface area contributed by atoms with Gasteiger partial charge in [-0.15, -0.1) is 21.5 Å². The number of halogens is 1. The zero-order valence-electron chi connectivity index (χ0n) is 10.4. The van der Waals surface area contributed by atoms with E-state index in [1.807, 2.05) is 6.07 Å². The van der Waals surface area contributed by atoms with Gasteiger partial charge in [-0.3, -0.25) is 0 Å². The molecule has 0 amide bonds. The van der Waals surface area contributed by atoms with E-state index in [1.54, 1.807) is 22.7 Å². The number of hydrogen-bond donors (Lipinski definition) is 1. The number of thiophene rings is 1. The van der Waals surface area contributed by atoms with E-state index in [0.717, 1.165) is 34.0 Å². The summed E-state index contributed by atoms with van der Waals surface area (Å²) in [4.78, 5) is 1.17. The third-order valence-electron chi connectivity index (χ3n) is 2.35. The largest absolute Gasteiger partial charge is 0.316 e. The number of rotatable bonds is 6. The fourth-order valence-electron chi connectivity index (χ4n) is 1.48. The molecule has 0 aromatic carbocycles.